The number of anilines is 1. The Labute approximate surface area is 77.2 Å². The molecule has 0 aliphatic carbocycles. The smallest absolute Gasteiger partial charge is 0.175 e. The van der Waals surface area contributed by atoms with Crippen molar-refractivity contribution in [2.75, 3.05) is 19.1 Å². The van der Waals surface area contributed by atoms with Crippen LogP contribution < -0.4 is 10.5 Å². The molecule has 1 aromatic carbocycles. The SMILES string of the molecule is COc1cc(S(C)(=O)=O)ccc1N. The Hall–Kier alpha value is -1.23. The van der Waals surface area contributed by atoms with Gasteiger partial charge in [-0.3, -0.25) is 0 Å². The van der Waals surface area contributed by atoms with E-state index in [2.05, 4.69) is 0 Å². The van der Waals surface area contributed by atoms with Gasteiger partial charge in [0.25, 0.3) is 0 Å². The van der Waals surface area contributed by atoms with Crippen LogP contribution in [-0.4, -0.2) is 21.8 Å². The number of rotatable bonds is 2. The topological polar surface area (TPSA) is 69.4 Å². The maximum absolute atomic E-state index is 11.1. The molecule has 5 heteroatoms. The van der Waals surface area contributed by atoms with E-state index in [1.165, 1.54) is 25.3 Å². The molecule has 0 radical (unpaired) electrons. The summed E-state index contributed by atoms with van der Waals surface area (Å²) in [7, 11) is -1.75. The lowest BCUT2D eigenvalue weighted by Crippen LogP contribution is -1.99. The van der Waals surface area contributed by atoms with Gasteiger partial charge in [0.15, 0.2) is 9.84 Å². The molecule has 4 nitrogen and oxygen atoms in total. The van der Waals surface area contributed by atoms with Gasteiger partial charge >= 0.3 is 0 Å². The molecule has 0 saturated carbocycles. The van der Waals surface area contributed by atoms with Crippen LogP contribution in [0.3, 0.4) is 0 Å². The molecule has 0 bridgehead atoms. The number of benzene rings is 1. The Morgan fingerprint density at radius 2 is 2.00 bits per heavy atom. The van der Waals surface area contributed by atoms with Crippen molar-refractivity contribution in [2.45, 2.75) is 4.90 Å². The van der Waals surface area contributed by atoms with Gasteiger partial charge in [-0.1, -0.05) is 0 Å². The van der Waals surface area contributed by atoms with Crippen LogP contribution in [0, 0.1) is 0 Å². The lowest BCUT2D eigenvalue weighted by molar-refractivity contribution is 0.415. The van der Waals surface area contributed by atoms with E-state index >= 15 is 0 Å². The summed E-state index contributed by atoms with van der Waals surface area (Å²) in [5.41, 5.74) is 5.95. The van der Waals surface area contributed by atoms with Gasteiger partial charge in [0.05, 0.1) is 17.7 Å². The van der Waals surface area contributed by atoms with E-state index in [0.29, 0.717) is 11.4 Å². The first-order chi connectivity index (χ1) is 5.95. The van der Waals surface area contributed by atoms with Gasteiger partial charge in [0.1, 0.15) is 5.75 Å². The summed E-state index contributed by atoms with van der Waals surface area (Å²) in [6, 6.07) is 4.37. The van der Waals surface area contributed by atoms with Crippen molar-refractivity contribution in [3.8, 4) is 5.75 Å². The highest BCUT2D eigenvalue weighted by molar-refractivity contribution is 7.90. The molecule has 0 fully saturated rings. The third-order valence-electron chi connectivity index (χ3n) is 1.63. The van der Waals surface area contributed by atoms with Gasteiger partial charge in [-0.2, -0.15) is 0 Å². The van der Waals surface area contributed by atoms with Crippen molar-refractivity contribution in [3.05, 3.63) is 18.2 Å². The molecule has 13 heavy (non-hydrogen) atoms. The summed E-state index contributed by atoms with van der Waals surface area (Å²) in [6.07, 6.45) is 1.14. The minimum Gasteiger partial charge on any atom is -0.495 e. The Kier molecular flexibility index (Phi) is 2.47. The average Bonchev–Trinajstić information content (AvgIpc) is 2.03. The fourth-order valence-corrected chi connectivity index (χ4v) is 1.56. The Bertz CT molecular complexity index is 411. The third-order valence-corrected chi connectivity index (χ3v) is 2.74. The van der Waals surface area contributed by atoms with Gasteiger partial charge in [-0.15, -0.1) is 0 Å². The summed E-state index contributed by atoms with van der Waals surface area (Å²) in [5, 5.41) is 0. The molecular formula is C8H11NO3S. The van der Waals surface area contributed by atoms with Crippen molar-refractivity contribution in [3.63, 3.8) is 0 Å². The van der Waals surface area contributed by atoms with Crippen LogP contribution in [0.1, 0.15) is 0 Å². The molecule has 0 heterocycles. The zero-order chi connectivity index (χ0) is 10.1. The summed E-state index contributed by atoms with van der Waals surface area (Å²) >= 11 is 0. The van der Waals surface area contributed by atoms with Crippen LogP contribution in [0.25, 0.3) is 0 Å². The standard InChI is InChI=1S/C8H11NO3S/c1-12-8-5-6(13(2,10)11)3-4-7(8)9/h3-5H,9H2,1-2H3. The third kappa shape index (κ3) is 2.12. The summed E-state index contributed by atoms with van der Waals surface area (Å²) in [4.78, 5) is 0.207. The zero-order valence-corrected chi connectivity index (χ0v) is 8.26. The van der Waals surface area contributed by atoms with Gasteiger partial charge in [-0.25, -0.2) is 8.42 Å². The fraction of sp³-hybridized carbons (Fsp3) is 0.250. The highest BCUT2D eigenvalue weighted by Crippen LogP contribution is 2.24. The van der Waals surface area contributed by atoms with Crippen LogP contribution in [-0.2, 0) is 9.84 Å². The normalized spacial score (nSPS) is 11.2. The maximum atomic E-state index is 11.1. The molecule has 72 valence electrons. The molecular weight excluding hydrogens is 190 g/mol. The molecule has 0 amide bonds. The van der Waals surface area contributed by atoms with Crippen LogP contribution >= 0.6 is 0 Å². The van der Waals surface area contributed by atoms with E-state index in [1.807, 2.05) is 0 Å². The van der Waals surface area contributed by atoms with Crippen molar-refractivity contribution in [2.24, 2.45) is 0 Å². The number of methoxy groups -OCH3 is 1. The van der Waals surface area contributed by atoms with E-state index in [4.69, 9.17) is 10.5 Å². The van der Waals surface area contributed by atoms with Crippen LogP contribution in [0.15, 0.2) is 23.1 Å². The van der Waals surface area contributed by atoms with Crippen molar-refractivity contribution in [1.29, 1.82) is 0 Å². The van der Waals surface area contributed by atoms with Crippen LogP contribution in [0.4, 0.5) is 5.69 Å². The molecule has 1 rings (SSSR count). The molecule has 0 saturated heterocycles. The molecule has 0 spiro atoms. The monoisotopic (exact) mass is 201 g/mol. The van der Waals surface area contributed by atoms with Crippen LogP contribution in [0.5, 0.6) is 5.75 Å². The highest BCUT2D eigenvalue weighted by atomic mass is 32.2. The summed E-state index contributed by atoms with van der Waals surface area (Å²) < 4.78 is 27.1. The minimum atomic E-state index is -3.19. The van der Waals surface area contributed by atoms with E-state index in [1.54, 1.807) is 0 Å². The predicted octanol–water partition coefficient (Wildman–Crippen LogP) is 0.681. The molecule has 0 atom stereocenters. The highest BCUT2D eigenvalue weighted by Gasteiger charge is 2.09. The molecule has 1 aromatic rings. The van der Waals surface area contributed by atoms with Crippen molar-refractivity contribution in [1.82, 2.24) is 0 Å². The average molecular weight is 201 g/mol. The zero-order valence-electron chi connectivity index (χ0n) is 7.44. The van der Waals surface area contributed by atoms with Gasteiger partial charge in [0, 0.05) is 12.3 Å². The number of nitrogens with two attached hydrogens (primary N) is 1. The first-order valence-electron chi connectivity index (χ1n) is 3.58. The number of hydrogen-bond acceptors (Lipinski definition) is 4. The van der Waals surface area contributed by atoms with Gasteiger partial charge < -0.3 is 10.5 Å². The van der Waals surface area contributed by atoms with E-state index in [-0.39, 0.29) is 4.90 Å². The fourth-order valence-electron chi connectivity index (χ4n) is 0.922. The number of sulfone groups is 1. The molecule has 0 unspecified atom stereocenters. The van der Waals surface area contributed by atoms with E-state index in [0.717, 1.165) is 6.26 Å². The lowest BCUT2D eigenvalue weighted by Gasteiger charge is -2.05. The molecule has 0 aliphatic heterocycles. The maximum Gasteiger partial charge on any atom is 0.175 e. The van der Waals surface area contributed by atoms with Gasteiger partial charge in [0.2, 0.25) is 0 Å². The van der Waals surface area contributed by atoms with E-state index in [9.17, 15) is 8.42 Å². The number of nitrogen functional groups attached to an aromatic ring is 1. The Morgan fingerprint density at radius 3 is 2.46 bits per heavy atom. The minimum absolute atomic E-state index is 0.207. The Morgan fingerprint density at radius 1 is 1.38 bits per heavy atom. The van der Waals surface area contributed by atoms with Crippen molar-refractivity contribution < 1.29 is 13.2 Å². The predicted molar refractivity (Wildman–Crippen MR) is 50.5 cm³/mol. The largest absolute Gasteiger partial charge is 0.495 e. The summed E-state index contributed by atoms with van der Waals surface area (Å²) in [6.45, 7) is 0. The van der Waals surface area contributed by atoms with Crippen molar-refractivity contribution >= 4 is 15.5 Å². The number of hydrogen-bond donors (Lipinski definition) is 1. The van der Waals surface area contributed by atoms with Crippen LogP contribution in [0.2, 0.25) is 0 Å². The summed E-state index contributed by atoms with van der Waals surface area (Å²) in [5.74, 6) is 0.378. The van der Waals surface area contributed by atoms with E-state index < -0.39 is 9.84 Å². The van der Waals surface area contributed by atoms with Gasteiger partial charge in [-0.05, 0) is 12.1 Å². The molecule has 0 aliphatic rings. The Balaban J connectivity index is 3.30. The quantitative estimate of drug-likeness (QED) is 0.714. The molecule has 2 N–H and O–H groups in total. The second-order valence-electron chi connectivity index (χ2n) is 2.68. The number of ether oxygens (including phenoxy) is 1. The second kappa shape index (κ2) is 3.26. The lowest BCUT2D eigenvalue weighted by atomic mass is 10.3. The second-order valence-corrected chi connectivity index (χ2v) is 4.69. The first kappa shape index (κ1) is 9.85. The molecule has 0 aromatic heterocycles. The first-order valence-corrected chi connectivity index (χ1v) is 5.48.